The van der Waals surface area contributed by atoms with Gasteiger partial charge in [-0.25, -0.2) is 18.1 Å². The standard InChI is InChI=1S/C12H20N4O2S/c13-9-11-3-4-12(14-10-11)19(17,18)15-5-8-16-6-1-2-7-16/h3-4,10,15H,1-2,5-9,13H2. The molecule has 0 spiro atoms. The van der Waals surface area contributed by atoms with Gasteiger partial charge in [-0.1, -0.05) is 6.07 Å². The highest BCUT2D eigenvalue weighted by Gasteiger charge is 2.16. The molecule has 1 fully saturated rings. The Morgan fingerprint density at radius 1 is 1.32 bits per heavy atom. The Hall–Kier alpha value is -1.02. The zero-order valence-corrected chi connectivity index (χ0v) is 11.7. The Morgan fingerprint density at radius 3 is 2.63 bits per heavy atom. The summed E-state index contributed by atoms with van der Waals surface area (Å²) in [5.41, 5.74) is 6.26. The van der Waals surface area contributed by atoms with E-state index in [4.69, 9.17) is 5.73 Å². The Labute approximate surface area is 114 Å². The average molecular weight is 284 g/mol. The second kappa shape index (κ2) is 6.42. The SMILES string of the molecule is NCc1ccc(S(=O)(=O)NCCN2CCCC2)nc1. The van der Waals surface area contributed by atoms with E-state index in [0.29, 0.717) is 13.1 Å². The molecule has 106 valence electrons. The van der Waals surface area contributed by atoms with Crippen LogP contribution in [0.25, 0.3) is 0 Å². The van der Waals surface area contributed by atoms with Crippen molar-refractivity contribution in [1.29, 1.82) is 0 Å². The number of hydrogen-bond acceptors (Lipinski definition) is 5. The van der Waals surface area contributed by atoms with Crippen LogP contribution in [-0.4, -0.2) is 44.5 Å². The second-order valence-electron chi connectivity index (χ2n) is 4.66. The fourth-order valence-corrected chi connectivity index (χ4v) is 3.06. The zero-order valence-electron chi connectivity index (χ0n) is 10.9. The fraction of sp³-hybridized carbons (Fsp3) is 0.583. The van der Waals surface area contributed by atoms with Crippen LogP contribution in [0.2, 0.25) is 0 Å². The molecule has 1 saturated heterocycles. The quantitative estimate of drug-likeness (QED) is 0.762. The molecule has 0 aromatic carbocycles. The molecule has 3 N–H and O–H groups in total. The highest BCUT2D eigenvalue weighted by atomic mass is 32.2. The number of nitrogens with zero attached hydrogens (tertiary/aromatic N) is 2. The lowest BCUT2D eigenvalue weighted by Gasteiger charge is -2.14. The zero-order chi connectivity index (χ0) is 13.7. The second-order valence-corrected chi connectivity index (χ2v) is 6.37. The summed E-state index contributed by atoms with van der Waals surface area (Å²) in [7, 11) is -3.51. The molecule has 0 bridgehead atoms. The van der Waals surface area contributed by atoms with Crippen LogP contribution in [0.3, 0.4) is 0 Å². The van der Waals surface area contributed by atoms with Crippen LogP contribution in [0.5, 0.6) is 0 Å². The number of sulfonamides is 1. The van der Waals surface area contributed by atoms with Crippen LogP contribution in [0.1, 0.15) is 18.4 Å². The summed E-state index contributed by atoms with van der Waals surface area (Å²) in [5, 5.41) is 0.0473. The van der Waals surface area contributed by atoms with Crippen LogP contribution in [-0.2, 0) is 16.6 Å². The Morgan fingerprint density at radius 2 is 2.05 bits per heavy atom. The lowest BCUT2D eigenvalue weighted by Crippen LogP contribution is -2.33. The van der Waals surface area contributed by atoms with Gasteiger partial charge in [-0.15, -0.1) is 0 Å². The average Bonchev–Trinajstić information content (AvgIpc) is 2.92. The molecule has 1 aromatic heterocycles. The minimum absolute atomic E-state index is 0.0473. The van der Waals surface area contributed by atoms with E-state index >= 15 is 0 Å². The first-order valence-electron chi connectivity index (χ1n) is 6.49. The molecule has 1 aromatic rings. The van der Waals surface area contributed by atoms with E-state index < -0.39 is 10.0 Å². The van der Waals surface area contributed by atoms with Crippen molar-refractivity contribution in [3.63, 3.8) is 0 Å². The lowest BCUT2D eigenvalue weighted by molar-refractivity contribution is 0.344. The fourth-order valence-electron chi connectivity index (χ4n) is 2.11. The van der Waals surface area contributed by atoms with Crippen LogP contribution in [0, 0.1) is 0 Å². The Kier molecular flexibility index (Phi) is 4.87. The summed E-state index contributed by atoms with van der Waals surface area (Å²) in [5.74, 6) is 0. The molecule has 7 heteroatoms. The van der Waals surface area contributed by atoms with Gasteiger partial charge in [0.2, 0.25) is 0 Å². The normalized spacial score (nSPS) is 16.9. The van der Waals surface area contributed by atoms with Crippen molar-refractivity contribution in [2.75, 3.05) is 26.2 Å². The van der Waals surface area contributed by atoms with Gasteiger partial charge in [-0.3, -0.25) is 0 Å². The first kappa shape index (κ1) is 14.4. The topological polar surface area (TPSA) is 88.3 Å². The lowest BCUT2D eigenvalue weighted by atomic mass is 10.3. The molecule has 0 amide bonds. The van der Waals surface area contributed by atoms with E-state index in [1.54, 1.807) is 6.07 Å². The molecule has 1 aliphatic heterocycles. The molecule has 0 atom stereocenters. The molecule has 2 heterocycles. The van der Waals surface area contributed by atoms with Gasteiger partial charge < -0.3 is 10.6 Å². The van der Waals surface area contributed by atoms with Crippen molar-refractivity contribution >= 4 is 10.0 Å². The number of rotatable bonds is 6. The highest BCUT2D eigenvalue weighted by Crippen LogP contribution is 2.08. The number of aromatic nitrogens is 1. The van der Waals surface area contributed by atoms with Gasteiger partial charge in [-0.05, 0) is 37.6 Å². The summed E-state index contributed by atoms with van der Waals surface area (Å²) in [6.07, 6.45) is 3.90. The van der Waals surface area contributed by atoms with E-state index in [0.717, 1.165) is 25.2 Å². The molecule has 2 rings (SSSR count). The van der Waals surface area contributed by atoms with Crippen molar-refractivity contribution in [2.24, 2.45) is 5.73 Å². The van der Waals surface area contributed by atoms with E-state index in [1.807, 2.05) is 0 Å². The molecular weight excluding hydrogens is 264 g/mol. The highest BCUT2D eigenvalue weighted by molar-refractivity contribution is 7.89. The van der Waals surface area contributed by atoms with E-state index in [-0.39, 0.29) is 5.03 Å². The smallest absolute Gasteiger partial charge is 0.258 e. The van der Waals surface area contributed by atoms with Gasteiger partial charge in [-0.2, -0.15) is 0 Å². The molecule has 0 aliphatic carbocycles. The molecule has 0 unspecified atom stereocenters. The summed E-state index contributed by atoms with van der Waals surface area (Å²) >= 11 is 0. The van der Waals surface area contributed by atoms with Crippen molar-refractivity contribution in [1.82, 2.24) is 14.6 Å². The summed E-state index contributed by atoms with van der Waals surface area (Å²) in [6, 6.07) is 3.17. The first-order chi connectivity index (χ1) is 9.12. The number of nitrogens with one attached hydrogen (secondary N) is 1. The summed E-state index contributed by atoms with van der Waals surface area (Å²) < 4.78 is 26.5. The maximum Gasteiger partial charge on any atom is 0.258 e. The number of likely N-dealkylation sites (tertiary alicyclic amines) is 1. The van der Waals surface area contributed by atoms with Crippen molar-refractivity contribution < 1.29 is 8.42 Å². The third-order valence-electron chi connectivity index (χ3n) is 3.23. The molecule has 19 heavy (non-hydrogen) atoms. The maximum absolute atomic E-state index is 12.0. The van der Waals surface area contributed by atoms with Gasteiger partial charge in [0, 0.05) is 25.8 Å². The van der Waals surface area contributed by atoms with E-state index in [2.05, 4.69) is 14.6 Å². The van der Waals surface area contributed by atoms with Gasteiger partial charge >= 0.3 is 0 Å². The van der Waals surface area contributed by atoms with Crippen molar-refractivity contribution in [2.45, 2.75) is 24.4 Å². The Bertz CT molecular complexity index is 495. The molecule has 1 aliphatic rings. The van der Waals surface area contributed by atoms with Gasteiger partial charge in [0.15, 0.2) is 5.03 Å². The molecule has 6 nitrogen and oxygen atoms in total. The minimum Gasteiger partial charge on any atom is -0.326 e. The van der Waals surface area contributed by atoms with Crippen LogP contribution < -0.4 is 10.5 Å². The van der Waals surface area contributed by atoms with Crippen LogP contribution >= 0.6 is 0 Å². The predicted molar refractivity (Wildman–Crippen MR) is 73.0 cm³/mol. The largest absolute Gasteiger partial charge is 0.326 e. The van der Waals surface area contributed by atoms with Crippen molar-refractivity contribution in [3.8, 4) is 0 Å². The number of hydrogen-bond donors (Lipinski definition) is 2. The van der Waals surface area contributed by atoms with Crippen molar-refractivity contribution in [3.05, 3.63) is 23.9 Å². The van der Waals surface area contributed by atoms with E-state index in [1.165, 1.54) is 25.1 Å². The minimum atomic E-state index is -3.51. The maximum atomic E-state index is 12.0. The van der Waals surface area contributed by atoms with Gasteiger partial charge in [0.1, 0.15) is 0 Å². The molecule has 0 radical (unpaired) electrons. The van der Waals surface area contributed by atoms with Gasteiger partial charge in [0.05, 0.1) is 0 Å². The Balaban J connectivity index is 1.89. The monoisotopic (exact) mass is 284 g/mol. The third-order valence-corrected chi connectivity index (χ3v) is 4.60. The van der Waals surface area contributed by atoms with Crippen LogP contribution in [0.4, 0.5) is 0 Å². The summed E-state index contributed by atoms with van der Waals surface area (Å²) in [4.78, 5) is 6.18. The first-order valence-corrected chi connectivity index (χ1v) is 7.97. The summed E-state index contributed by atoms with van der Waals surface area (Å²) in [6.45, 7) is 3.65. The predicted octanol–water partition coefficient (Wildman–Crippen LogP) is -0.0856. The molecule has 0 saturated carbocycles. The van der Waals surface area contributed by atoms with Gasteiger partial charge in [0.25, 0.3) is 10.0 Å². The number of nitrogens with two attached hydrogens (primary N) is 1. The number of pyridine rings is 1. The van der Waals surface area contributed by atoms with E-state index in [9.17, 15) is 8.42 Å². The van der Waals surface area contributed by atoms with Crippen LogP contribution in [0.15, 0.2) is 23.4 Å². The molecular formula is C12H20N4O2S. The third kappa shape index (κ3) is 3.97.